The quantitative estimate of drug-likeness (QED) is 0.260. The van der Waals surface area contributed by atoms with Crippen molar-refractivity contribution in [2.75, 3.05) is 12.3 Å². The molecule has 3 aliphatic rings. The van der Waals surface area contributed by atoms with Gasteiger partial charge in [-0.3, -0.25) is 4.72 Å². The second kappa shape index (κ2) is 12.7. The van der Waals surface area contributed by atoms with Crippen molar-refractivity contribution in [2.45, 2.75) is 116 Å². The molecule has 4 atom stereocenters. The van der Waals surface area contributed by atoms with E-state index in [0.29, 0.717) is 5.41 Å². The van der Waals surface area contributed by atoms with Gasteiger partial charge in [0, 0.05) is 12.3 Å². The number of fused-ring (bicyclic) bond motifs is 1. The zero-order valence-electron chi connectivity index (χ0n) is 19.8. The fourth-order valence-corrected chi connectivity index (χ4v) is 7.26. The maximum atomic E-state index is 9.96. The van der Waals surface area contributed by atoms with Crippen LogP contribution in [0, 0.1) is 17.3 Å². The van der Waals surface area contributed by atoms with Gasteiger partial charge in [-0.15, -0.1) is 0 Å². The summed E-state index contributed by atoms with van der Waals surface area (Å²) in [4.78, 5) is 0. The maximum Gasteiger partial charge on any atom is 0.0577 e. The molecule has 3 fully saturated rings. The van der Waals surface area contributed by atoms with Crippen LogP contribution in [-0.2, 0) is 0 Å². The second-order valence-corrected chi connectivity index (χ2v) is 11.4. The Morgan fingerprint density at radius 1 is 1.07 bits per heavy atom. The number of hydrogen-bond donors (Lipinski definition) is 2. The summed E-state index contributed by atoms with van der Waals surface area (Å²) in [6.45, 7) is 6.06. The standard InChI is InChI=1S/C27H47NOS/c1-3-4-20-30-28-19-7-5-6-12-24-16-17-26-23(11-9-18-27(24,26)2)15-14-22-10-8-13-25(29)21-22/h14-15,24-26,28-29H,3-13,16-21H2,1-2H3/b22-14-,23-15+. The number of nitrogens with one attached hydrogen (secondary N) is 1. The number of aliphatic hydroxyl groups excluding tert-OH is 1. The first-order valence-electron chi connectivity index (χ1n) is 13.0. The number of hydrogen-bond acceptors (Lipinski definition) is 3. The van der Waals surface area contributed by atoms with Gasteiger partial charge in [-0.2, -0.15) is 0 Å². The Morgan fingerprint density at radius 3 is 2.80 bits per heavy atom. The monoisotopic (exact) mass is 433 g/mol. The van der Waals surface area contributed by atoms with E-state index in [0.717, 1.165) is 31.1 Å². The Bertz CT molecular complexity index is 571. The van der Waals surface area contributed by atoms with Crippen LogP contribution in [0.4, 0.5) is 0 Å². The lowest BCUT2D eigenvalue weighted by molar-refractivity contribution is 0.127. The molecule has 2 nitrogen and oxygen atoms in total. The Labute approximate surface area is 190 Å². The van der Waals surface area contributed by atoms with Crippen molar-refractivity contribution in [1.82, 2.24) is 4.72 Å². The van der Waals surface area contributed by atoms with Crippen LogP contribution >= 0.6 is 11.9 Å². The van der Waals surface area contributed by atoms with E-state index in [-0.39, 0.29) is 6.10 Å². The number of allylic oxidation sites excluding steroid dienone is 3. The Balaban J connectivity index is 1.43. The summed E-state index contributed by atoms with van der Waals surface area (Å²) in [5.74, 6) is 3.01. The highest BCUT2D eigenvalue weighted by Gasteiger charge is 2.48. The van der Waals surface area contributed by atoms with E-state index in [1.807, 2.05) is 11.9 Å². The minimum absolute atomic E-state index is 0.0963. The summed E-state index contributed by atoms with van der Waals surface area (Å²) in [7, 11) is 0. The molecule has 172 valence electrons. The van der Waals surface area contributed by atoms with Gasteiger partial charge < -0.3 is 5.11 Å². The molecule has 4 unspecified atom stereocenters. The van der Waals surface area contributed by atoms with Gasteiger partial charge in [-0.05, 0) is 94.3 Å². The van der Waals surface area contributed by atoms with E-state index in [1.165, 1.54) is 94.9 Å². The average Bonchev–Trinajstić information content (AvgIpc) is 3.08. The van der Waals surface area contributed by atoms with Gasteiger partial charge in [0.1, 0.15) is 0 Å². The summed E-state index contributed by atoms with van der Waals surface area (Å²) in [6.07, 6.45) is 24.2. The largest absolute Gasteiger partial charge is 0.393 e. The summed E-state index contributed by atoms with van der Waals surface area (Å²) in [5, 5.41) is 9.96. The normalized spacial score (nSPS) is 34.6. The molecule has 30 heavy (non-hydrogen) atoms. The van der Waals surface area contributed by atoms with Crippen LogP contribution in [0.1, 0.15) is 110 Å². The molecular formula is C27H47NOS. The number of aliphatic hydroxyl groups is 1. The van der Waals surface area contributed by atoms with Crippen molar-refractivity contribution >= 4 is 11.9 Å². The number of unbranched alkanes of at least 4 members (excludes halogenated alkanes) is 3. The van der Waals surface area contributed by atoms with Crippen LogP contribution in [0.25, 0.3) is 0 Å². The van der Waals surface area contributed by atoms with Gasteiger partial charge in [-0.1, -0.05) is 68.4 Å². The van der Waals surface area contributed by atoms with E-state index in [2.05, 4.69) is 30.7 Å². The molecule has 3 rings (SSSR count). The first-order chi connectivity index (χ1) is 14.6. The lowest BCUT2D eigenvalue weighted by atomic mass is 9.62. The summed E-state index contributed by atoms with van der Waals surface area (Å²) in [5.41, 5.74) is 3.75. The van der Waals surface area contributed by atoms with E-state index >= 15 is 0 Å². The maximum absolute atomic E-state index is 9.96. The van der Waals surface area contributed by atoms with Gasteiger partial charge in [0.05, 0.1) is 6.10 Å². The van der Waals surface area contributed by atoms with Crippen LogP contribution in [0.2, 0.25) is 0 Å². The summed E-state index contributed by atoms with van der Waals surface area (Å²) >= 11 is 1.92. The first-order valence-corrected chi connectivity index (χ1v) is 14.0. The van der Waals surface area contributed by atoms with Crippen molar-refractivity contribution in [3.8, 4) is 0 Å². The molecule has 0 radical (unpaired) electrons. The van der Waals surface area contributed by atoms with Crippen molar-refractivity contribution < 1.29 is 5.11 Å². The Hall–Kier alpha value is -0.250. The number of rotatable bonds is 11. The van der Waals surface area contributed by atoms with E-state index < -0.39 is 0 Å². The molecule has 0 aromatic rings. The van der Waals surface area contributed by atoms with Crippen molar-refractivity contribution in [2.24, 2.45) is 17.3 Å². The third kappa shape index (κ3) is 6.87. The lowest BCUT2D eigenvalue weighted by Gasteiger charge is -2.42. The lowest BCUT2D eigenvalue weighted by Crippen LogP contribution is -2.33. The molecule has 0 spiro atoms. The molecular weight excluding hydrogens is 386 g/mol. The van der Waals surface area contributed by atoms with E-state index in [9.17, 15) is 5.11 Å². The highest BCUT2D eigenvalue weighted by atomic mass is 32.2. The highest BCUT2D eigenvalue weighted by molar-refractivity contribution is 7.97. The summed E-state index contributed by atoms with van der Waals surface area (Å²) < 4.78 is 3.54. The van der Waals surface area contributed by atoms with Gasteiger partial charge in [0.25, 0.3) is 0 Å². The topological polar surface area (TPSA) is 32.3 Å². The van der Waals surface area contributed by atoms with Gasteiger partial charge in [0.2, 0.25) is 0 Å². The van der Waals surface area contributed by atoms with E-state index in [1.54, 1.807) is 5.57 Å². The molecule has 3 heteroatoms. The summed E-state index contributed by atoms with van der Waals surface area (Å²) in [6, 6.07) is 0. The molecule has 0 saturated heterocycles. The molecule has 0 aromatic carbocycles. The Kier molecular flexibility index (Phi) is 10.3. The molecule has 2 N–H and O–H groups in total. The fourth-order valence-electron chi connectivity index (χ4n) is 6.39. The van der Waals surface area contributed by atoms with Crippen molar-refractivity contribution in [3.63, 3.8) is 0 Å². The van der Waals surface area contributed by atoms with Gasteiger partial charge in [-0.25, -0.2) is 0 Å². The van der Waals surface area contributed by atoms with Crippen LogP contribution < -0.4 is 4.72 Å². The third-order valence-electron chi connectivity index (χ3n) is 8.26. The SMILES string of the molecule is CCCCSNCCCCCC1CCC2/C(=C/C=C3/CCCC(O)C3)CCCC12C. The molecule has 0 amide bonds. The van der Waals surface area contributed by atoms with E-state index in [4.69, 9.17) is 0 Å². The molecule has 0 heterocycles. The van der Waals surface area contributed by atoms with Crippen molar-refractivity contribution in [3.05, 3.63) is 23.3 Å². The molecule has 0 aliphatic heterocycles. The predicted octanol–water partition coefficient (Wildman–Crippen LogP) is 7.59. The third-order valence-corrected chi connectivity index (χ3v) is 9.16. The van der Waals surface area contributed by atoms with Gasteiger partial charge >= 0.3 is 0 Å². The smallest absolute Gasteiger partial charge is 0.0577 e. The van der Waals surface area contributed by atoms with Crippen LogP contribution in [0.15, 0.2) is 23.3 Å². The van der Waals surface area contributed by atoms with Crippen molar-refractivity contribution in [1.29, 1.82) is 0 Å². The predicted molar refractivity (Wildman–Crippen MR) is 133 cm³/mol. The zero-order valence-corrected chi connectivity index (χ0v) is 20.6. The fraction of sp³-hybridized carbons (Fsp3) is 0.852. The Morgan fingerprint density at radius 2 is 1.97 bits per heavy atom. The average molecular weight is 434 g/mol. The first kappa shape index (κ1) is 24.4. The molecule has 0 bridgehead atoms. The highest BCUT2D eigenvalue weighted by Crippen LogP contribution is 2.58. The van der Waals surface area contributed by atoms with Crippen LogP contribution in [-0.4, -0.2) is 23.5 Å². The minimum Gasteiger partial charge on any atom is -0.393 e. The van der Waals surface area contributed by atoms with Gasteiger partial charge in [0.15, 0.2) is 0 Å². The molecule has 0 aromatic heterocycles. The molecule has 3 aliphatic carbocycles. The molecule has 3 saturated carbocycles. The second-order valence-electron chi connectivity index (χ2n) is 10.4. The minimum atomic E-state index is -0.0963. The zero-order chi connectivity index (χ0) is 21.2. The van der Waals surface area contributed by atoms with Crippen LogP contribution in [0.5, 0.6) is 0 Å². The van der Waals surface area contributed by atoms with Crippen LogP contribution in [0.3, 0.4) is 0 Å².